The lowest BCUT2D eigenvalue weighted by Gasteiger charge is -2.58. The van der Waals surface area contributed by atoms with Crippen molar-refractivity contribution in [3.63, 3.8) is 0 Å². The predicted molar refractivity (Wildman–Crippen MR) is 66.6 cm³/mol. The molecule has 1 unspecified atom stereocenters. The summed E-state index contributed by atoms with van der Waals surface area (Å²) >= 11 is 0. The van der Waals surface area contributed by atoms with E-state index in [1.165, 1.54) is 32.1 Å². The van der Waals surface area contributed by atoms with Crippen LogP contribution in [0.15, 0.2) is 0 Å². The van der Waals surface area contributed by atoms with Crippen molar-refractivity contribution in [3.05, 3.63) is 0 Å². The van der Waals surface area contributed by atoms with E-state index in [0.717, 1.165) is 18.3 Å². The zero-order valence-electron chi connectivity index (χ0n) is 11.0. The van der Waals surface area contributed by atoms with Gasteiger partial charge in [0, 0.05) is 0 Å². The SMILES string of the molecule is CCC(C)(C(=O)O)C1C2CC3CC(C2)CC1C3. The third-order valence-corrected chi connectivity index (χ3v) is 6.19. The fourth-order valence-corrected chi connectivity index (χ4v) is 5.50. The predicted octanol–water partition coefficient (Wildman–Crippen LogP) is 3.56. The van der Waals surface area contributed by atoms with Crippen molar-refractivity contribution in [2.75, 3.05) is 0 Å². The number of carboxylic acids is 1. The van der Waals surface area contributed by atoms with Gasteiger partial charge < -0.3 is 5.11 Å². The Morgan fingerprint density at radius 2 is 1.59 bits per heavy atom. The van der Waals surface area contributed by atoms with Crippen LogP contribution in [0.3, 0.4) is 0 Å². The average molecular weight is 236 g/mol. The first-order chi connectivity index (χ1) is 8.04. The summed E-state index contributed by atoms with van der Waals surface area (Å²) in [6.45, 7) is 4.06. The van der Waals surface area contributed by atoms with Crippen LogP contribution in [0.4, 0.5) is 0 Å². The lowest BCUT2D eigenvalue weighted by Crippen LogP contribution is -2.53. The van der Waals surface area contributed by atoms with E-state index in [-0.39, 0.29) is 0 Å². The molecule has 0 amide bonds. The zero-order valence-corrected chi connectivity index (χ0v) is 11.0. The molecule has 0 aromatic carbocycles. The highest BCUT2D eigenvalue weighted by atomic mass is 16.4. The maximum Gasteiger partial charge on any atom is 0.309 e. The molecule has 4 bridgehead atoms. The normalized spacial score (nSPS) is 46.8. The fourth-order valence-electron chi connectivity index (χ4n) is 5.50. The van der Waals surface area contributed by atoms with E-state index in [9.17, 15) is 9.90 Å². The Balaban J connectivity index is 1.91. The molecular formula is C15H24O2. The molecule has 2 heteroatoms. The molecule has 1 atom stereocenters. The second-order valence-corrected chi connectivity index (χ2v) is 7.03. The molecule has 1 N–H and O–H groups in total. The molecule has 4 aliphatic rings. The van der Waals surface area contributed by atoms with E-state index in [2.05, 4.69) is 6.92 Å². The van der Waals surface area contributed by atoms with Gasteiger partial charge in [0.2, 0.25) is 0 Å². The van der Waals surface area contributed by atoms with Crippen molar-refractivity contribution in [1.82, 2.24) is 0 Å². The summed E-state index contributed by atoms with van der Waals surface area (Å²) in [6, 6.07) is 0. The second kappa shape index (κ2) is 3.73. The van der Waals surface area contributed by atoms with Crippen molar-refractivity contribution in [2.45, 2.75) is 52.4 Å². The van der Waals surface area contributed by atoms with Crippen molar-refractivity contribution < 1.29 is 9.90 Å². The van der Waals surface area contributed by atoms with Gasteiger partial charge in [-0.05, 0) is 75.0 Å². The Morgan fingerprint density at radius 1 is 1.12 bits per heavy atom. The highest BCUT2D eigenvalue weighted by molar-refractivity contribution is 5.74. The smallest absolute Gasteiger partial charge is 0.309 e. The van der Waals surface area contributed by atoms with E-state index >= 15 is 0 Å². The molecule has 0 radical (unpaired) electrons. The molecule has 4 rings (SSSR count). The van der Waals surface area contributed by atoms with Crippen molar-refractivity contribution in [3.8, 4) is 0 Å². The molecule has 4 saturated carbocycles. The summed E-state index contributed by atoms with van der Waals surface area (Å²) < 4.78 is 0. The first-order valence-electron chi connectivity index (χ1n) is 7.28. The molecule has 0 heterocycles. The summed E-state index contributed by atoms with van der Waals surface area (Å²) in [6.07, 6.45) is 7.51. The summed E-state index contributed by atoms with van der Waals surface area (Å²) in [5.41, 5.74) is -0.470. The molecule has 4 aliphatic carbocycles. The number of rotatable bonds is 3. The van der Waals surface area contributed by atoms with E-state index in [4.69, 9.17) is 0 Å². The first kappa shape index (κ1) is 11.6. The third kappa shape index (κ3) is 1.56. The van der Waals surface area contributed by atoms with E-state index < -0.39 is 11.4 Å². The van der Waals surface area contributed by atoms with Crippen LogP contribution in [0.1, 0.15) is 52.4 Å². The average Bonchev–Trinajstić information content (AvgIpc) is 2.26. The number of carbonyl (C=O) groups is 1. The molecule has 4 fully saturated rings. The maximum absolute atomic E-state index is 11.7. The lowest BCUT2D eigenvalue weighted by molar-refractivity contribution is -0.165. The first-order valence-corrected chi connectivity index (χ1v) is 7.28. The summed E-state index contributed by atoms with van der Waals surface area (Å²) in [7, 11) is 0. The van der Waals surface area contributed by atoms with Gasteiger partial charge >= 0.3 is 5.97 Å². The molecule has 0 aromatic rings. The van der Waals surface area contributed by atoms with Crippen LogP contribution in [0.5, 0.6) is 0 Å². The summed E-state index contributed by atoms with van der Waals surface area (Å²) in [5, 5.41) is 9.62. The van der Waals surface area contributed by atoms with Gasteiger partial charge in [0.15, 0.2) is 0 Å². The molecule has 2 nitrogen and oxygen atoms in total. The van der Waals surface area contributed by atoms with Crippen LogP contribution >= 0.6 is 0 Å². The van der Waals surface area contributed by atoms with E-state index in [0.29, 0.717) is 17.8 Å². The standard InChI is InChI=1S/C15H24O2/c1-3-15(2,14(16)17)13-11-5-9-4-10(7-11)8-12(13)6-9/h9-13H,3-8H2,1-2H3,(H,16,17). The number of aliphatic carboxylic acids is 1. The molecule has 0 saturated heterocycles. The molecule has 96 valence electrons. The molecule has 0 aromatic heterocycles. The minimum absolute atomic E-state index is 0.456. The minimum atomic E-state index is -0.558. The highest BCUT2D eigenvalue weighted by Crippen LogP contribution is 2.61. The van der Waals surface area contributed by atoms with Crippen molar-refractivity contribution in [1.29, 1.82) is 0 Å². The van der Waals surface area contributed by atoms with Crippen LogP contribution < -0.4 is 0 Å². The fraction of sp³-hybridized carbons (Fsp3) is 0.933. The molecule has 17 heavy (non-hydrogen) atoms. The van der Waals surface area contributed by atoms with Gasteiger partial charge in [-0.15, -0.1) is 0 Å². The second-order valence-electron chi connectivity index (χ2n) is 7.03. The van der Waals surface area contributed by atoms with Crippen LogP contribution in [-0.4, -0.2) is 11.1 Å². The van der Waals surface area contributed by atoms with Gasteiger partial charge in [-0.25, -0.2) is 0 Å². The van der Waals surface area contributed by atoms with Crippen molar-refractivity contribution in [2.24, 2.45) is 35.0 Å². The molecular weight excluding hydrogens is 212 g/mol. The van der Waals surface area contributed by atoms with Crippen LogP contribution in [0, 0.1) is 35.0 Å². The topological polar surface area (TPSA) is 37.3 Å². The monoisotopic (exact) mass is 236 g/mol. The van der Waals surface area contributed by atoms with Gasteiger partial charge in [-0.2, -0.15) is 0 Å². The summed E-state index contributed by atoms with van der Waals surface area (Å²) in [4.78, 5) is 11.7. The van der Waals surface area contributed by atoms with Crippen LogP contribution in [0.2, 0.25) is 0 Å². The number of carboxylic acid groups (broad SMARTS) is 1. The van der Waals surface area contributed by atoms with Crippen LogP contribution in [0.25, 0.3) is 0 Å². The molecule has 0 spiro atoms. The Hall–Kier alpha value is -0.530. The Bertz CT molecular complexity index is 308. The van der Waals surface area contributed by atoms with Gasteiger partial charge in [0.25, 0.3) is 0 Å². The lowest BCUT2D eigenvalue weighted by atomic mass is 9.46. The van der Waals surface area contributed by atoms with E-state index in [1.54, 1.807) is 0 Å². The summed E-state index contributed by atoms with van der Waals surface area (Å²) in [5.74, 6) is 3.20. The van der Waals surface area contributed by atoms with Gasteiger partial charge in [0.1, 0.15) is 0 Å². The van der Waals surface area contributed by atoms with Gasteiger partial charge in [0.05, 0.1) is 5.41 Å². The highest BCUT2D eigenvalue weighted by Gasteiger charge is 2.55. The quantitative estimate of drug-likeness (QED) is 0.813. The van der Waals surface area contributed by atoms with E-state index in [1.807, 2.05) is 6.92 Å². The maximum atomic E-state index is 11.7. The largest absolute Gasteiger partial charge is 0.481 e. The van der Waals surface area contributed by atoms with Crippen LogP contribution in [-0.2, 0) is 4.79 Å². The Kier molecular flexibility index (Phi) is 2.53. The number of hydrogen-bond acceptors (Lipinski definition) is 1. The Morgan fingerprint density at radius 3 is 1.94 bits per heavy atom. The van der Waals surface area contributed by atoms with Gasteiger partial charge in [-0.1, -0.05) is 6.92 Å². The zero-order chi connectivity index (χ0) is 12.2. The van der Waals surface area contributed by atoms with Crippen molar-refractivity contribution >= 4 is 5.97 Å². The number of hydrogen-bond donors (Lipinski definition) is 1. The minimum Gasteiger partial charge on any atom is -0.481 e. The third-order valence-electron chi connectivity index (χ3n) is 6.19. The molecule has 0 aliphatic heterocycles. The van der Waals surface area contributed by atoms with Gasteiger partial charge in [-0.3, -0.25) is 4.79 Å². The Labute approximate surface area is 104 Å².